The van der Waals surface area contributed by atoms with Crippen LogP contribution in [0.4, 0.5) is 0 Å². The first-order chi connectivity index (χ1) is 24.2. The number of unbranched alkanes of at least 4 members (excludes halogenated alkanes) is 21. The lowest BCUT2D eigenvalue weighted by atomic mass is 9.94. The van der Waals surface area contributed by atoms with Crippen molar-refractivity contribution >= 4 is 0 Å². The minimum Gasteiger partial charge on any atom is -0.494 e. The second-order valence-electron chi connectivity index (χ2n) is 14.5. The van der Waals surface area contributed by atoms with Gasteiger partial charge in [-0.05, 0) is 59.7 Å². The summed E-state index contributed by atoms with van der Waals surface area (Å²) in [5.41, 5.74) is 6.22. The van der Waals surface area contributed by atoms with Crippen molar-refractivity contribution in [2.75, 3.05) is 13.2 Å². The monoisotopic (exact) mass is 669 g/mol. The van der Waals surface area contributed by atoms with Crippen LogP contribution in [0, 0.1) is 0 Å². The molecule has 1 unspecified atom stereocenters. The molecule has 2 nitrogen and oxygen atoms in total. The molecule has 0 fully saturated rings. The van der Waals surface area contributed by atoms with Gasteiger partial charge in [-0.1, -0.05) is 209 Å². The Bertz CT molecular complexity index is 1180. The molecule has 0 N–H and O–H groups in total. The fourth-order valence-electron chi connectivity index (χ4n) is 6.91. The molecule has 0 spiro atoms. The van der Waals surface area contributed by atoms with Crippen molar-refractivity contribution in [1.82, 2.24) is 0 Å². The van der Waals surface area contributed by atoms with E-state index in [0.717, 1.165) is 31.8 Å². The molecule has 49 heavy (non-hydrogen) atoms. The molecule has 0 saturated carbocycles. The normalized spacial score (nSPS) is 12.0. The molecular formula is C47H72O2. The summed E-state index contributed by atoms with van der Waals surface area (Å²) < 4.78 is 12.3. The van der Waals surface area contributed by atoms with E-state index in [2.05, 4.69) is 93.6 Å². The first-order valence-corrected chi connectivity index (χ1v) is 20.8. The van der Waals surface area contributed by atoms with Gasteiger partial charge in [0.2, 0.25) is 0 Å². The van der Waals surface area contributed by atoms with Crippen LogP contribution < -0.4 is 4.74 Å². The van der Waals surface area contributed by atoms with Crippen molar-refractivity contribution < 1.29 is 9.47 Å². The summed E-state index contributed by atoms with van der Waals surface area (Å²) in [6.45, 7) is 8.42. The van der Waals surface area contributed by atoms with Gasteiger partial charge in [-0.2, -0.15) is 0 Å². The van der Waals surface area contributed by atoms with Crippen LogP contribution in [0.15, 0.2) is 72.8 Å². The van der Waals surface area contributed by atoms with E-state index in [4.69, 9.17) is 9.47 Å². The topological polar surface area (TPSA) is 18.5 Å². The zero-order valence-corrected chi connectivity index (χ0v) is 32.0. The molecule has 0 heterocycles. The van der Waals surface area contributed by atoms with Crippen LogP contribution in [0.2, 0.25) is 0 Å². The predicted molar refractivity (Wildman–Crippen MR) is 215 cm³/mol. The standard InChI is InChI=1S/C47H72O2/c1-4-6-8-10-12-14-16-18-20-22-24-28-40-49-45-37-35-44(36-38-45)47-30-26-25-29-46(47)43-33-31-42(32-34-43)41(3)48-39-27-23-21-19-17-15-13-11-9-7-5-2/h25-26,29-38,41H,4-24,27-28,39-40H2,1-3H3. The molecule has 0 amide bonds. The summed E-state index contributed by atoms with van der Waals surface area (Å²) >= 11 is 0. The highest BCUT2D eigenvalue weighted by atomic mass is 16.5. The van der Waals surface area contributed by atoms with Crippen molar-refractivity contribution in [3.63, 3.8) is 0 Å². The molecule has 0 radical (unpaired) electrons. The van der Waals surface area contributed by atoms with Crippen LogP contribution in [-0.2, 0) is 4.74 Å². The van der Waals surface area contributed by atoms with Gasteiger partial charge < -0.3 is 9.47 Å². The highest BCUT2D eigenvalue weighted by Crippen LogP contribution is 2.34. The second kappa shape index (κ2) is 27.2. The third kappa shape index (κ3) is 17.8. The Hall–Kier alpha value is -2.58. The van der Waals surface area contributed by atoms with E-state index in [0.29, 0.717) is 0 Å². The highest BCUT2D eigenvalue weighted by Gasteiger charge is 2.10. The Balaban J connectivity index is 1.32. The Morgan fingerprint density at radius 3 is 1.20 bits per heavy atom. The average molecular weight is 669 g/mol. The molecule has 272 valence electrons. The fraction of sp³-hybridized carbons (Fsp3) is 0.617. The minimum absolute atomic E-state index is 0.120. The summed E-state index contributed by atoms with van der Waals surface area (Å²) in [5, 5.41) is 0. The third-order valence-corrected chi connectivity index (χ3v) is 10.2. The van der Waals surface area contributed by atoms with E-state index < -0.39 is 0 Å². The highest BCUT2D eigenvalue weighted by molar-refractivity contribution is 5.83. The number of rotatable bonds is 30. The first-order valence-electron chi connectivity index (χ1n) is 20.8. The zero-order valence-electron chi connectivity index (χ0n) is 32.0. The predicted octanol–water partition coefficient (Wildman–Crippen LogP) is 15.5. The van der Waals surface area contributed by atoms with Gasteiger partial charge in [0, 0.05) is 6.61 Å². The van der Waals surface area contributed by atoms with Crippen molar-refractivity contribution in [3.8, 4) is 28.0 Å². The van der Waals surface area contributed by atoms with E-state index in [-0.39, 0.29) is 6.10 Å². The van der Waals surface area contributed by atoms with Crippen LogP contribution in [0.1, 0.15) is 180 Å². The van der Waals surface area contributed by atoms with E-state index in [9.17, 15) is 0 Å². The summed E-state index contributed by atoms with van der Waals surface area (Å²) in [7, 11) is 0. The van der Waals surface area contributed by atoms with Crippen molar-refractivity contribution in [2.24, 2.45) is 0 Å². The van der Waals surface area contributed by atoms with E-state index in [1.54, 1.807) is 0 Å². The lowest BCUT2D eigenvalue weighted by molar-refractivity contribution is 0.0627. The molecule has 0 bridgehead atoms. The Labute approximate surface area is 302 Å². The van der Waals surface area contributed by atoms with Crippen LogP contribution in [-0.4, -0.2) is 13.2 Å². The Morgan fingerprint density at radius 2 is 0.776 bits per heavy atom. The number of hydrogen-bond donors (Lipinski definition) is 0. The maximum Gasteiger partial charge on any atom is 0.119 e. The summed E-state index contributed by atoms with van der Waals surface area (Å²) in [4.78, 5) is 0. The largest absolute Gasteiger partial charge is 0.494 e. The molecule has 0 saturated heterocycles. The van der Waals surface area contributed by atoms with Crippen molar-refractivity contribution in [2.45, 2.75) is 175 Å². The van der Waals surface area contributed by atoms with Gasteiger partial charge in [-0.25, -0.2) is 0 Å². The summed E-state index contributed by atoms with van der Waals surface area (Å²) in [6.07, 6.45) is 31.5. The smallest absolute Gasteiger partial charge is 0.119 e. The Kier molecular flexibility index (Phi) is 22.7. The average Bonchev–Trinajstić information content (AvgIpc) is 3.14. The molecule has 0 aliphatic heterocycles. The maximum atomic E-state index is 6.23. The summed E-state index contributed by atoms with van der Waals surface area (Å²) in [5.74, 6) is 0.968. The number of ether oxygens (including phenoxy) is 2. The van der Waals surface area contributed by atoms with Crippen LogP contribution >= 0.6 is 0 Å². The molecule has 2 heteroatoms. The van der Waals surface area contributed by atoms with E-state index in [1.165, 1.54) is 163 Å². The van der Waals surface area contributed by atoms with Gasteiger partial charge in [0.1, 0.15) is 5.75 Å². The van der Waals surface area contributed by atoms with Gasteiger partial charge >= 0.3 is 0 Å². The number of benzene rings is 3. The van der Waals surface area contributed by atoms with Gasteiger partial charge in [0.25, 0.3) is 0 Å². The molecule has 3 aromatic carbocycles. The van der Waals surface area contributed by atoms with Crippen LogP contribution in [0.3, 0.4) is 0 Å². The molecule has 0 aliphatic rings. The molecule has 3 aromatic rings. The summed E-state index contributed by atoms with van der Waals surface area (Å²) in [6, 6.07) is 26.4. The third-order valence-electron chi connectivity index (χ3n) is 10.2. The van der Waals surface area contributed by atoms with Gasteiger partial charge in [0.05, 0.1) is 12.7 Å². The lowest BCUT2D eigenvalue weighted by Gasteiger charge is -2.15. The van der Waals surface area contributed by atoms with E-state index in [1.807, 2.05) is 0 Å². The van der Waals surface area contributed by atoms with Crippen LogP contribution in [0.25, 0.3) is 22.3 Å². The maximum absolute atomic E-state index is 6.23. The minimum atomic E-state index is 0.120. The van der Waals surface area contributed by atoms with Crippen LogP contribution in [0.5, 0.6) is 5.75 Å². The Morgan fingerprint density at radius 1 is 0.408 bits per heavy atom. The fourth-order valence-corrected chi connectivity index (χ4v) is 6.91. The molecule has 0 aliphatic carbocycles. The van der Waals surface area contributed by atoms with Crippen molar-refractivity contribution in [3.05, 3.63) is 78.4 Å². The molecule has 0 aromatic heterocycles. The molecule has 3 rings (SSSR count). The van der Waals surface area contributed by atoms with Gasteiger partial charge in [-0.15, -0.1) is 0 Å². The second-order valence-corrected chi connectivity index (χ2v) is 14.5. The first kappa shape index (κ1) is 40.8. The van der Waals surface area contributed by atoms with Gasteiger partial charge in [0.15, 0.2) is 0 Å². The number of hydrogen-bond acceptors (Lipinski definition) is 2. The quantitative estimate of drug-likeness (QED) is 0.0658. The van der Waals surface area contributed by atoms with Crippen molar-refractivity contribution in [1.29, 1.82) is 0 Å². The van der Waals surface area contributed by atoms with E-state index >= 15 is 0 Å². The molecular weight excluding hydrogens is 597 g/mol. The lowest BCUT2D eigenvalue weighted by Crippen LogP contribution is -2.02. The zero-order chi connectivity index (χ0) is 34.6. The molecule has 1 atom stereocenters. The SMILES string of the molecule is CCCCCCCCCCCCCCOc1ccc(-c2ccccc2-c2ccc(C(C)OCCCCCCCCCCCCC)cc2)cc1. The van der Waals surface area contributed by atoms with Gasteiger partial charge in [-0.3, -0.25) is 0 Å².